The third-order valence-electron chi connectivity index (χ3n) is 2.56. The second-order valence-corrected chi connectivity index (χ2v) is 12.5. The minimum atomic E-state index is -6.05. The fourth-order valence-corrected chi connectivity index (χ4v) is 9.80. The van der Waals surface area contributed by atoms with Crippen LogP contribution in [0.3, 0.4) is 0 Å². The van der Waals surface area contributed by atoms with Crippen molar-refractivity contribution >= 4 is 62.2 Å². The summed E-state index contributed by atoms with van der Waals surface area (Å²) in [6.45, 7) is 0. The molecule has 0 saturated heterocycles. The third kappa shape index (κ3) is 4.90. The van der Waals surface area contributed by atoms with E-state index < -0.39 is 54.6 Å². The topological polar surface area (TPSA) is 43.4 Å². The van der Waals surface area contributed by atoms with Crippen LogP contribution >= 0.6 is 52.1 Å². The van der Waals surface area contributed by atoms with Crippen LogP contribution in [0.15, 0.2) is 45.3 Å². The molecule has 0 radical (unpaired) electrons. The molecular formula is C13H6Br2F5IO3S. The Morgan fingerprint density at radius 1 is 0.880 bits per heavy atom. The second kappa shape index (κ2) is 7.74. The molecule has 0 heterocycles. The number of benzene rings is 2. The monoisotopic (exact) mass is 622 g/mol. The Hall–Kier alpha value is -0.310. The van der Waals surface area contributed by atoms with Crippen molar-refractivity contribution < 1.29 is 32.9 Å². The average Bonchev–Trinajstić information content (AvgIpc) is 2.49. The van der Waals surface area contributed by atoms with E-state index in [0.717, 1.165) is 24.3 Å². The van der Waals surface area contributed by atoms with Crippen molar-refractivity contribution in [2.24, 2.45) is 0 Å². The van der Waals surface area contributed by atoms with Crippen LogP contribution in [-0.4, -0.2) is 13.9 Å². The molecule has 0 unspecified atom stereocenters. The first-order chi connectivity index (χ1) is 11.4. The van der Waals surface area contributed by atoms with Crippen molar-refractivity contribution in [3.8, 4) is 0 Å². The van der Waals surface area contributed by atoms with Crippen molar-refractivity contribution in [2.45, 2.75) is 5.51 Å². The van der Waals surface area contributed by atoms with Crippen molar-refractivity contribution in [3.05, 3.63) is 64.1 Å². The summed E-state index contributed by atoms with van der Waals surface area (Å²) in [7, 11) is -6.05. The standard InChI is InChI=1S/C13H6Br2F5IO3S/c14-7-1-3-9(16)11(5-7)21(24-25(22,23)13(18,19)20)12-6-8(15)2-4-10(12)17/h1-6H. The molecule has 0 spiro atoms. The van der Waals surface area contributed by atoms with E-state index in [9.17, 15) is 30.4 Å². The molecule has 0 atom stereocenters. The van der Waals surface area contributed by atoms with Crippen LogP contribution in [0.4, 0.5) is 22.0 Å². The summed E-state index contributed by atoms with van der Waals surface area (Å²) in [6.07, 6.45) is 0. The first-order valence-corrected chi connectivity index (χ1v) is 12.1. The number of rotatable bonds is 4. The van der Waals surface area contributed by atoms with Crippen molar-refractivity contribution in [1.82, 2.24) is 0 Å². The Kier molecular flexibility index (Phi) is 6.50. The van der Waals surface area contributed by atoms with Crippen LogP contribution in [0.1, 0.15) is 0 Å². The number of halogens is 8. The van der Waals surface area contributed by atoms with E-state index in [2.05, 4.69) is 34.4 Å². The van der Waals surface area contributed by atoms with Gasteiger partial charge in [-0.25, -0.2) is 0 Å². The first kappa shape index (κ1) is 21.0. The van der Waals surface area contributed by atoms with Crippen LogP contribution < -0.4 is 0 Å². The van der Waals surface area contributed by atoms with Gasteiger partial charge in [-0.1, -0.05) is 0 Å². The zero-order valence-electron chi connectivity index (χ0n) is 11.6. The maximum absolute atomic E-state index is 14.1. The Labute approximate surface area is 163 Å². The fraction of sp³-hybridized carbons (Fsp3) is 0.0769. The van der Waals surface area contributed by atoms with Crippen LogP contribution in [0, 0.1) is 18.8 Å². The second-order valence-electron chi connectivity index (χ2n) is 4.33. The van der Waals surface area contributed by atoms with Crippen molar-refractivity contribution in [2.75, 3.05) is 0 Å². The van der Waals surface area contributed by atoms with Gasteiger partial charge in [-0.05, 0) is 0 Å². The van der Waals surface area contributed by atoms with E-state index in [1.165, 1.54) is 12.1 Å². The number of hydrogen-bond donors (Lipinski definition) is 0. The molecule has 2 aromatic carbocycles. The molecule has 138 valence electrons. The molecule has 3 nitrogen and oxygen atoms in total. The van der Waals surface area contributed by atoms with E-state index >= 15 is 0 Å². The molecule has 0 aliphatic carbocycles. The SMILES string of the molecule is O=S(=O)(OI(c1cc(Br)ccc1F)c1cc(Br)ccc1F)C(F)(F)F. The average molecular weight is 624 g/mol. The molecule has 12 heteroatoms. The zero-order chi connectivity index (χ0) is 19.0. The summed E-state index contributed by atoms with van der Waals surface area (Å²) in [5.41, 5.74) is -5.71. The van der Waals surface area contributed by atoms with Crippen LogP contribution in [0.25, 0.3) is 0 Å². The summed E-state index contributed by atoms with van der Waals surface area (Å²) in [6, 6.07) is 6.52. The van der Waals surface area contributed by atoms with E-state index in [-0.39, 0.29) is 8.95 Å². The van der Waals surface area contributed by atoms with Gasteiger partial charge in [-0.2, -0.15) is 0 Å². The molecular weight excluding hydrogens is 618 g/mol. The van der Waals surface area contributed by atoms with E-state index in [0.29, 0.717) is 0 Å². The van der Waals surface area contributed by atoms with E-state index in [1.54, 1.807) is 0 Å². The number of alkyl halides is 3. The van der Waals surface area contributed by atoms with Gasteiger partial charge in [0.1, 0.15) is 0 Å². The molecule has 2 rings (SSSR count). The van der Waals surface area contributed by atoms with E-state index in [4.69, 9.17) is 0 Å². The van der Waals surface area contributed by atoms with Gasteiger partial charge in [-0.15, -0.1) is 0 Å². The maximum atomic E-state index is 14.1. The van der Waals surface area contributed by atoms with Gasteiger partial charge >= 0.3 is 165 Å². The van der Waals surface area contributed by atoms with Gasteiger partial charge in [0.25, 0.3) is 0 Å². The summed E-state index contributed by atoms with van der Waals surface area (Å²) in [5.74, 6) is -1.99. The van der Waals surface area contributed by atoms with E-state index in [1.807, 2.05) is 0 Å². The van der Waals surface area contributed by atoms with Crippen molar-refractivity contribution in [3.63, 3.8) is 0 Å². The van der Waals surface area contributed by atoms with Gasteiger partial charge in [0.05, 0.1) is 0 Å². The van der Waals surface area contributed by atoms with Crippen molar-refractivity contribution in [1.29, 1.82) is 0 Å². The molecule has 25 heavy (non-hydrogen) atoms. The molecule has 0 N–H and O–H groups in total. The van der Waals surface area contributed by atoms with Gasteiger partial charge in [0, 0.05) is 0 Å². The molecule has 2 aromatic rings. The number of hydrogen-bond acceptors (Lipinski definition) is 3. The summed E-state index contributed by atoms with van der Waals surface area (Å²) in [4.78, 5) is 0. The molecule has 0 aliphatic heterocycles. The fourth-order valence-electron chi connectivity index (χ4n) is 1.50. The minimum absolute atomic E-state index is 0.273. The van der Waals surface area contributed by atoms with Gasteiger partial charge in [-0.3, -0.25) is 0 Å². The van der Waals surface area contributed by atoms with Crippen LogP contribution in [0.5, 0.6) is 0 Å². The van der Waals surface area contributed by atoms with Gasteiger partial charge < -0.3 is 0 Å². The normalized spacial score (nSPS) is 13.0. The molecule has 0 amide bonds. The Bertz CT molecular complexity index is 854. The molecule has 0 fully saturated rings. The molecule has 0 saturated carbocycles. The Morgan fingerprint density at radius 2 is 1.28 bits per heavy atom. The summed E-state index contributed by atoms with van der Waals surface area (Å²) < 4.78 is 93.2. The molecule has 0 aliphatic rings. The summed E-state index contributed by atoms with van der Waals surface area (Å²) in [5, 5.41) is 0. The predicted molar refractivity (Wildman–Crippen MR) is 95.7 cm³/mol. The predicted octanol–water partition coefficient (Wildman–Crippen LogP) is 5.82. The quantitative estimate of drug-likeness (QED) is 0.187. The molecule has 0 aromatic heterocycles. The Balaban J connectivity index is 2.68. The molecule has 0 bridgehead atoms. The summed E-state index contributed by atoms with van der Waals surface area (Å²) >= 11 is 1.88. The Morgan fingerprint density at radius 3 is 1.64 bits per heavy atom. The van der Waals surface area contributed by atoms with Crippen LogP contribution in [-0.2, 0) is 12.6 Å². The third-order valence-corrected chi connectivity index (χ3v) is 10.7. The van der Waals surface area contributed by atoms with Gasteiger partial charge in [0.15, 0.2) is 0 Å². The van der Waals surface area contributed by atoms with Crippen LogP contribution in [0.2, 0.25) is 0 Å². The zero-order valence-corrected chi connectivity index (χ0v) is 17.8. The first-order valence-electron chi connectivity index (χ1n) is 6.04. The van der Waals surface area contributed by atoms with Gasteiger partial charge in [0.2, 0.25) is 0 Å².